The maximum Gasteiger partial charge on any atom is 0.262 e. The molecule has 4 amide bonds. The van der Waals surface area contributed by atoms with Crippen molar-refractivity contribution in [1.82, 2.24) is 15.5 Å². The minimum atomic E-state index is -0.998. The zero-order chi connectivity index (χ0) is 20.0. The predicted molar refractivity (Wildman–Crippen MR) is 102 cm³/mol. The summed E-state index contributed by atoms with van der Waals surface area (Å²) in [7, 11) is 1.87. The summed E-state index contributed by atoms with van der Waals surface area (Å²) in [6.07, 6.45) is 1.15. The monoisotopic (exact) mass is 374 g/mol. The van der Waals surface area contributed by atoms with Crippen molar-refractivity contribution in [2.75, 3.05) is 31.6 Å². The van der Waals surface area contributed by atoms with Crippen molar-refractivity contribution in [2.45, 2.75) is 32.7 Å². The van der Waals surface area contributed by atoms with Crippen LogP contribution in [-0.2, 0) is 9.59 Å². The highest BCUT2D eigenvalue weighted by Gasteiger charge is 2.42. The van der Waals surface area contributed by atoms with Gasteiger partial charge in [-0.05, 0) is 38.6 Å². The number of anilines is 1. The van der Waals surface area contributed by atoms with E-state index >= 15 is 0 Å². The molecule has 146 valence electrons. The Kier molecular flexibility index (Phi) is 7.06. The third-order valence-electron chi connectivity index (χ3n) is 4.66. The number of rotatable bonds is 10. The molecule has 0 fully saturated rings. The van der Waals surface area contributed by atoms with Gasteiger partial charge in [0.25, 0.3) is 11.8 Å². The van der Waals surface area contributed by atoms with Crippen LogP contribution in [0.3, 0.4) is 0 Å². The van der Waals surface area contributed by atoms with E-state index in [1.165, 1.54) is 0 Å². The number of fused-ring (bicyclic) bond motifs is 1. The highest BCUT2D eigenvalue weighted by molar-refractivity contribution is 6.23. The molecule has 8 heteroatoms. The van der Waals surface area contributed by atoms with Crippen LogP contribution in [0.25, 0.3) is 0 Å². The van der Waals surface area contributed by atoms with Gasteiger partial charge in [-0.2, -0.15) is 0 Å². The molecule has 0 aromatic heterocycles. The third-order valence-corrected chi connectivity index (χ3v) is 4.66. The molecule has 0 aliphatic carbocycles. The van der Waals surface area contributed by atoms with Gasteiger partial charge >= 0.3 is 0 Å². The summed E-state index contributed by atoms with van der Waals surface area (Å²) in [5.41, 5.74) is 1.42. The average Bonchev–Trinajstić information content (AvgIpc) is 2.91. The molecule has 1 heterocycles. The quantitative estimate of drug-likeness (QED) is 0.464. The van der Waals surface area contributed by atoms with E-state index in [0.29, 0.717) is 18.4 Å². The molecule has 0 saturated carbocycles. The molecule has 27 heavy (non-hydrogen) atoms. The average molecular weight is 374 g/mol. The second-order valence-corrected chi connectivity index (χ2v) is 6.32. The molecule has 2 N–H and O–H groups in total. The minimum Gasteiger partial charge on any atom is -0.371 e. The second kappa shape index (κ2) is 9.27. The fourth-order valence-electron chi connectivity index (χ4n) is 3.25. The van der Waals surface area contributed by atoms with Crippen molar-refractivity contribution >= 4 is 29.8 Å². The highest BCUT2D eigenvalue weighted by atomic mass is 16.2. The molecule has 1 aromatic rings. The van der Waals surface area contributed by atoms with E-state index < -0.39 is 23.8 Å². The summed E-state index contributed by atoms with van der Waals surface area (Å²) < 4.78 is 0. The summed E-state index contributed by atoms with van der Waals surface area (Å²) in [5.74, 6) is -1.65. The second-order valence-electron chi connectivity index (χ2n) is 6.32. The molecule has 1 atom stereocenters. The molecule has 1 aliphatic heterocycles. The number of benzene rings is 1. The largest absolute Gasteiger partial charge is 0.371 e. The van der Waals surface area contributed by atoms with E-state index in [1.54, 1.807) is 12.1 Å². The molecule has 1 unspecified atom stereocenters. The Morgan fingerprint density at radius 3 is 2.52 bits per heavy atom. The van der Waals surface area contributed by atoms with Gasteiger partial charge in [0.15, 0.2) is 0 Å². The van der Waals surface area contributed by atoms with Crippen LogP contribution in [0.4, 0.5) is 5.69 Å². The van der Waals surface area contributed by atoms with Crippen LogP contribution in [0.1, 0.15) is 47.4 Å². The summed E-state index contributed by atoms with van der Waals surface area (Å²) >= 11 is 0. The molecular weight excluding hydrogens is 348 g/mol. The van der Waals surface area contributed by atoms with Crippen molar-refractivity contribution in [3.8, 4) is 0 Å². The molecule has 8 nitrogen and oxygen atoms in total. The lowest BCUT2D eigenvalue weighted by molar-refractivity contribution is -0.128. The first-order valence-electron chi connectivity index (χ1n) is 9.15. The maximum atomic E-state index is 12.9. The SMILES string of the molecule is CCCC(C(=O)NC=O)N1C(=O)c2ccc(N(CC)CCNC)cc2C1=O. The van der Waals surface area contributed by atoms with Gasteiger partial charge in [-0.3, -0.25) is 29.4 Å². The molecule has 1 aromatic carbocycles. The van der Waals surface area contributed by atoms with Crippen LogP contribution in [-0.4, -0.2) is 61.8 Å². The van der Waals surface area contributed by atoms with E-state index in [0.717, 1.165) is 30.2 Å². The number of nitrogens with zero attached hydrogens (tertiary/aromatic N) is 2. The van der Waals surface area contributed by atoms with Crippen molar-refractivity contribution < 1.29 is 19.2 Å². The highest BCUT2D eigenvalue weighted by Crippen LogP contribution is 2.30. The van der Waals surface area contributed by atoms with E-state index in [9.17, 15) is 19.2 Å². The van der Waals surface area contributed by atoms with Gasteiger partial charge in [-0.25, -0.2) is 0 Å². The Bertz CT molecular complexity index is 734. The van der Waals surface area contributed by atoms with E-state index in [1.807, 2.05) is 27.0 Å². The molecule has 0 bridgehead atoms. The fraction of sp³-hybridized carbons (Fsp3) is 0.474. The fourth-order valence-corrected chi connectivity index (χ4v) is 3.25. The zero-order valence-electron chi connectivity index (χ0n) is 15.9. The topological polar surface area (TPSA) is 98.8 Å². The lowest BCUT2D eigenvalue weighted by Crippen LogP contribution is -2.49. The number of carbonyl (C=O) groups excluding carboxylic acids is 4. The first-order chi connectivity index (χ1) is 13.0. The van der Waals surface area contributed by atoms with Gasteiger partial charge < -0.3 is 10.2 Å². The number of amides is 4. The van der Waals surface area contributed by atoms with Crippen LogP contribution in [0.5, 0.6) is 0 Å². The van der Waals surface area contributed by atoms with Gasteiger partial charge in [-0.1, -0.05) is 13.3 Å². The number of nitrogens with one attached hydrogen (secondary N) is 2. The van der Waals surface area contributed by atoms with Gasteiger partial charge in [0, 0.05) is 25.3 Å². The Hall–Kier alpha value is -2.74. The van der Waals surface area contributed by atoms with Crippen LogP contribution >= 0.6 is 0 Å². The molecule has 1 aliphatic rings. The lowest BCUT2D eigenvalue weighted by atomic mass is 10.1. The van der Waals surface area contributed by atoms with Gasteiger partial charge in [0.1, 0.15) is 6.04 Å². The van der Waals surface area contributed by atoms with Crippen molar-refractivity contribution in [1.29, 1.82) is 0 Å². The normalized spacial score (nSPS) is 14.1. The van der Waals surface area contributed by atoms with E-state index in [4.69, 9.17) is 0 Å². The zero-order valence-corrected chi connectivity index (χ0v) is 15.9. The van der Waals surface area contributed by atoms with Crippen LogP contribution in [0, 0.1) is 0 Å². The van der Waals surface area contributed by atoms with Gasteiger partial charge in [0.2, 0.25) is 12.3 Å². The standard InChI is InChI=1S/C19H26N4O4/c1-4-6-16(17(25)21-12-24)23-18(26)14-8-7-13(11-15(14)19(23)27)22(5-2)10-9-20-3/h7-8,11-12,16,20H,4-6,9-10H2,1-3H3,(H,21,24,25). The van der Waals surface area contributed by atoms with E-state index in [2.05, 4.69) is 15.5 Å². The van der Waals surface area contributed by atoms with Gasteiger partial charge in [-0.15, -0.1) is 0 Å². The van der Waals surface area contributed by atoms with Crippen LogP contribution in [0.15, 0.2) is 18.2 Å². The van der Waals surface area contributed by atoms with Crippen molar-refractivity contribution in [3.63, 3.8) is 0 Å². The summed E-state index contributed by atoms with van der Waals surface area (Å²) in [6.45, 7) is 6.17. The summed E-state index contributed by atoms with van der Waals surface area (Å²) in [5, 5.41) is 5.14. The van der Waals surface area contributed by atoms with Crippen molar-refractivity contribution in [2.24, 2.45) is 0 Å². The van der Waals surface area contributed by atoms with E-state index in [-0.39, 0.29) is 12.0 Å². The number of carbonyl (C=O) groups is 4. The summed E-state index contributed by atoms with van der Waals surface area (Å²) in [4.78, 5) is 51.6. The molecule has 2 rings (SSSR count). The predicted octanol–water partition coefficient (Wildman–Crippen LogP) is 0.770. The molecule has 0 radical (unpaired) electrons. The van der Waals surface area contributed by atoms with Crippen LogP contribution < -0.4 is 15.5 Å². The Labute approximate surface area is 158 Å². The minimum absolute atomic E-state index is 0.266. The van der Waals surface area contributed by atoms with Gasteiger partial charge in [0.05, 0.1) is 11.1 Å². The maximum absolute atomic E-state index is 12.9. The summed E-state index contributed by atoms with van der Waals surface area (Å²) in [6, 6.07) is 4.15. The third kappa shape index (κ3) is 4.16. The molecule has 0 saturated heterocycles. The molecular formula is C19H26N4O4. The Balaban J connectivity index is 2.35. The first-order valence-corrected chi connectivity index (χ1v) is 9.15. The van der Waals surface area contributed by atoms with Crippen molar-refractivity contribution in [3.05, 3.63) is 29.3 Å². The smallest absolute Gasteiger partial charge is 0.262 e. The number of likely N-dealkylation sites (N-methyl/N-ethyl adjacent to an activating group) is 2. The first kappa shape index (κ1) is 20.6. The Morgan fingerprint density at radius 1 is 1.22 bits per heavy atom. The number of hydrogen-bond acceptors (Lipinski definition) is 6. The Morgan fingerprint density at radius 2 is 1.93 bits per heavy atom. The van der Waals surface area contributed by atoms with Crippen LogP contribution in [0.2, 0.25) is 0 Å². The number of imide groups is 2. The molecule has 0 spiro atoms. The lowest BCUT2D eigenvalue weighted by Gasteiger charge is -2.24. The number of hydrogen-bond donors (Lipinski definition) is 2.